The number of nitro benzene ring substituents is 1. The first-order chi connectivity index (χ1) is 12.6. The molecule has 2 aliphatic rings. The molecule has 0 saturated heterocycles. The molecule has 27 heavy (non-hydrogen) atoms. The van der Waals surface area contributed by atoms with Gasteiger partial charge in [-0.1, -0.05) is 0 Å². The van der Waals surface area contributed by atoms with Gasteiger partial charge in [-0.3, -0.25) is 10.1 Å². The molecule has 0 radical (unpaired) electrons. The Balaban J connectivity index is 0.000000189. The smallest absolute Gasteiger partial charge is 0.270 e. The zero-order valence-corrected chi connectivity index (χ0v) is 15.6. The van der Waals surface area contributed by atoms with Crippen LogP contribution in [0.4, 0.5) is 11.4 Å². The molecule has 4 N–H and O–H groups in total. The summed E-state index contributed by atoms with van der Waals surface area (Å²) in [6, 6.07) is 10.4. The average Bonchev–Trinajstić information content (AvgIpc) is 3.01. The van der Waals surface area contributed by atoms with Crippen LogP contribution in [0.5, 0.6) is 11.5 Å². The summed E-state index contributed by atoms with van der Waals surface area (Å²) in [5, 5.41) is 16.9. The molecule has 2 aromatic rings. The number of nitrogens with one attached hydrogen (secondary N) is 2. The van der Waals surface area contributed by atoms with Gasteiger partial charge in [-0.2, -0.15) is 0 Å². The van der Waals surface area contributed by atoms with Crippen molar-refractivity contribution in [2.45, 2.75) is 13.1 Å². The van der Waals surface area contributed by atoms with Gasteiger partial charge < -0.3 is 25.8 Å². The summed E-state index contributed by atoms with van der Waals surface area (Å²) in [4.78, 5) is 10.1. The molecule has 4 rings (SSSR count). The van der Waals surface area contributed by atoms with Gasteiger partial charge in [0.2, 0.25) is 0 Å². The lowest BCUT2D eigenvalue weighted by Gasteiger charge is -2.05. The van der Waals surface area contributed by atoms with Gasteiger partial charge in [-0.15, -0.1) is 12.4 Å². The summed E-state index contributed by atoms with van der Waals surface area (Å²) >= 11 is 0. The predicted octanol–water partition coefficient (Wildman–Crippen LogP) is 2.25. The van der Waals surface area contributed by atoms with E-state index in [1.54, 1.807) is 12.1 Å². The number of non-ortho nitro benzene ring substituents is 1. The van der Waals surface area contributed by atoms with Crippen LogP contribution < -0.4 is 25.8 Å². The summed E-state index contributed by atoms with van der Waals surface area (Å²) in [7, 11) is 0. The highest BCUT2D eigenvalue weighted by molar-refractivity contribution is 5.85. The van der Waals surface area contributed by atoms with Crippen LogP contribution in [0, 0.1) is 10.1 Å². The molecule has 0 unspecified atom stereocenters. The van der Waals surface area contributed by atoms with Crippen LogP contribution in [0.3, 0.4) is 0 Å². The normalized spacial score (nSPS) is 15.0. The fourth-order valence-corrected chi connectivity index (χ4v) is 2.75. The minimum atomic E-state index is -0.398. The van der Waals surface area contributed by atoms with Crippen LogP contribution in [0.1, 0.15) is 11.1 Å². The van der Waals surface area contributed by atoms with Crippen LogP contribution in [0.25, 0.3) is 0 Å². The van der Waals surface area contributed by atoms with E-state index in [-0.39, 0.29) is 18.1 Å². The second kappa shape index (κ2) is 9.96. The molecule has 146 valence electrons. The van der Waals surface area contributed by atoms with Crippen LogP contribution >= 0.6 is 12.4 Å². The van der Waals surface area contributed by atoms with Crippen molar-refractivity contribution in [1.29, 1.82) is 0 Å². The number of hydrogen-bond donors (Lipinski definition) is 3. The molecule has 0 spiro atoms. The van der Waals surface area contributed by atoms with Crippen LogP contribution in [0.15, 0.2) is 36.4 Å². The maximum atomic E-state index is 10.5. The van der Waals surface area contributed by atoms with Crippen molar-refractivity contribution in [3.8, 4) is 11.5 Å². The molecular weight excluding hydrogens is 372 g/mol. The number of nitrogen functional groups attached to an aromatic ring is 1. The minimum absolute atomic E-state index is 0. The van der Waals surface area contributed by atoms with Gasteiger partial charge in [0.15, 0.2) is 0 Å². The number of rotatable bonds is 1. The van der Waals surface area contributed by atoms with Crippen molar-refractivity contribution < 1.29 is 14.4 Å². The largest absolute Gasteiger partial charge is 0.492 e. The second-order valence-corrected chi connectivity index (χ2v) is 5.97. The Bertz CT molecular complexity index is 788. The van der Waals surface area contributed by atoms with E-state index >= 15 is 0 Å². The third kappa shape index (κ3) is 5.72. The van der Waals surface area contributed by atoms with E-state index in [2.05, 4.69) is 10.6 Å². The summed E-state index contributed by atoms with van der Waals surface area (Å²) in [5.74, 6) is 1.69. The quantitative estimate of drug-likeness (QED) is 0.386. The summed E-state index contributed by atoms with van der Waals surface area (Å²) in [6.07, 6.45) is 0. The monoisotopic (exact) mass is 394 g/mol. The maximum absolute atomic E-state index is 10.5. The van der Waals surface area contributed by atoms with E-state index < -0.39 is 4.92 Å². The Morgan fingerprint density at radius 2 is 1.48 bits per heavy atom. The molecule has 0 amide bonds. The molecule has 9 heteroatoms. The van der Waals surface area contributed by atoms with E-state index in [1.165, 1.54) is 6.07 Å². The lowest BCUT2D eigenvalue weighted by atomic mass is 10.2. The van der Waals surface area contributed by atoms with Gasteiger partial charge in [-0.25, -0.2) is 0 Å². The molecule has 0 bridgehead atoms. The predicted molar refractivity (Wildman–Crippen MR) is 106 cm³/mol. The summed E-state index contributed by atoms with van der Waals surface area (Å²) in [6.45, 7) is 4.47. The Morgan fingerprint density at radius 3 is 2.07 bits per heavy atom. The molecule has 8 nitrogen and oxygen atoms in total. The number of ether oxygens (including phenoxy) is 2. The van der Waals surface area contributed by atoms with Crippen molar-refractivity contribution >= 4 is 23.8 Å². The average molecular weight is 395 g/mol. The van der Waals surface area contributed by atoms with Crippen molar-refractivity contribution in [2.75, 3.05) is 32.0 Å². The second-order valence-electron chi connectivity index (χ2n) is 5.97. The molecule has 2 aliphatic heterocycles. The lowest BCUT2D eigenvalue weighted by Crippen LogP contribution is -2.16. The number of halogens is 1. The third-order valence-electron chi connectivity index (χ3n) is 4.04. The highest BCUT2D eigenvalue weighted by atomic mass is 35.5. The van der Waals surface area contributed by atoms with E-state index in [9.17, 15) is 10.1 Å². The number of nitro groups is 1. The van der Waals surface area contributed by atoms with Gasteiger partial charge >= 0.3 is 0 Å². The Hall–Kier alpha value is -2.55. The van der Waals surface area contributed by atoms with Crippen molar-refractivity contribution in [2.24, 2.45) is 0 Å². The highest BCUT2D eigenvalue weighted by Crippen LogP contribution is 2.25. The molecule has 2 aromatic carbocycles. The minimum Gasteiger partial charge on any atom is -0.492 e. The molecule has 0 saturated carbocycles. The molecular formula is C18H23ClN4O4. The topological polar surface area (TPSA) is 112 Å². The molecule has 2 heterocycles. The van der Waals surface area contributed by atoms with Crippen molar-refractivity contribution in [3.63, 3.8) is 0 Å². The molecule has 0 atom stereocenters. The van der Waals surface area contributed by atoms with Crippen molar-refractivity contribution in [3.05, 3.63) is 57.6 Å². The van der Waals surface area contributed by atoms with E-state index in [1.807, 2.05) is 18.2 Å². The van der Waals surface area contributed by atoms with E-state index in [0.717, 1.165) is 54.6 Å². The number of hydrogen-bond acceptors (Lipinski definition) is 7. The number of fused-ring (bicyclic) bond motifs is 2. The molecule has 0 aliphatic carbocycles. The highest BCUT2D eigenvalue weighted by Gasteiger charge is 2.13. The van der Waals surface area contributed by atoms with Crippen LogP contribution in [-0.4, -0.2) is 31.2 Å². The zero-order chi connectivity index (χ0) is 18.4. The fourth-order valence-electron chi connectivity index (χ4n) is 2.75. The summed E-state index contributed by atoms with van der Waals surface area (Å²) < 4.78 is 10.9. The maximum Gasteiger partial charge on any atom is 0.270 e. The van der Waals surface area contributed by atoms with Gasteiger partial charge in [0, 0.05) is 55.1 Å². The first-order valence-electron chi connectivity index (χ1n) is 8.46. The number of benzene rings is 2. The molecule has 0 aromatic heterocycles. The summed E-state index contributed by atoms with van der Waals surface area (Å²) in [5.41, 5.74) is 8.54. The first kappa shape index (κ1) is 20.8. The van der Waals surface area contributed by atoms with Gasteiger partial charge in [0.1, 0.15) is 24.7 Å². The zero-order valence-electron chi connectivity index (χ0n) is 14.8. The third-order valence-corrected chi connectivity index (χ3v) is 4.04. The van der Waals surface area contributed by atoms with Crippen molar-refractivity contribution in [1.82, 2.24) is 10.6 Å². The lowest BCUT2D eigenvalue weighted by molar-refractivity contribution is -0.384. The standard InChI is InChI=1S/C9H10N2O3.C9H12N2O.ClH/c12-11(13)8-1-2-9-7(5-8)6-10-3-4-14-9;10-8-1-2-9-7(5-8)6-11-3-4-12-9;/h1-2,5,10H,3-4,6H2;1-2,5,11H,3-4,6,10H2;1H. The fraction of sp³-hybridized carbons (Fsp3) is 0.333. The number of anilines is 1. The Labute approximate surface area is 163 Å². The van der Waals surface area contributed by atoms with Crippen LogP contribution in [-0.2, 0) is 13.1 Å². The van der Waals surface area contributed by atoms with Gasteiger partial charge in [0.05, 0.1) is 4.92 Å². The van der Waals surface area contributed by atoms with Gasteiger partial charge in [-0.05, 0) is 24.3 Å². The Morgan fingerprint density at radius 1 is 0.926 bits per heavy atom. The Kier molecular flexibility index (Phi) is 7.66. The van der Waals surface area contributed by atoms with E-state index in [4.69, 9.17) is 15.2 Å². The first-order valence-corrected chi connectivity index (χ1v) is 8.46. The number of nitrogens with two attached hydrogens (primary N) is 1. The number of nitrogens with zero attached hydrogens (tertiary/aromatic N) is 1. The van der Waals surface area contributed by atoms with E-state index in [0.29, 0.717) is 13.2 Å². The molecule has 0 fully saturated rings. The van der Waals surface area contributed by atoms with Gasteiger partial charge in [0.25, 0.3) is 5.69 Å². The van der Waals surface area contributed by atoms with Crippen LogP contribution in [0.2, 0.25) is 0 Å². The SMILES string of the molecule is Cl.Nc1ccc2c(c1)CNCCO2.O=[N+]([O-])c1ccc2c(c1)CNCCO2.